The summed E-state index contributed by atoms with van der Waals surface area (Å²) in [5, 5.41) is 15.6. The third-order valence-corrected chi connectivity index (χ3v) is 4.04. The van der Waals surface area contributed by atoms with Crippen molar-refractivity contribution >= 4 is 5.84 Å². The molecule has 2 rings (SSSR count). The van der Waals surface area contributed by atoms with E-state index in [2.05, 4.69) is 22.6 Å². The van der Waals surface area contributed by atoms with Crippen molar-refractivity contribution in [2.75, 3.05) is 0 Å². The van der Waals surface area contributed by atoms with Crippen LogP contribution in [0.1, 0.15) is 56.6 Å². The van der Waals surface area contributed by atoms with Crippen molar-refractivity contribution in [3.8, 4) is 0 Å². The van der Waals surface area contributed by atoms with Crippen LogP contribution in [0.5, 0.6) is 0 Å². The Hall–Kier alpha value is -1.55. The molecule has 1 fully saturated rings. The topological polar surface area (TPSA) is 70.6 Å². The average molecular weight is 275 g/mol. The third kappa shape index (κ3) is 4.53. The minimum Gasteiger partial charge on any atom is -0.409 e. The van der Waals surface area contributed by atoms with Gasteiger partial charge in [-0.3, -0.25) is 0 Å². The van der Waals surface area contributed by atoms with Gasteiger partial charge in [0.25, 0.3) is 0 Å². The standard InChI is InChI=1S/C16H25N3O/c17-16(19-20)12-15(13-8-4-3-5-9-13)18-14-10-6-1-2-7-11-14/h3-5,8-9,14-15,18,20H,1-2,6-7,10-12H2,(H2,17,19). The molecule has 0 saturated heterocycles. The maximum absolute atomic E-state index is 8.82. The highest BCUT2D eigenvalue weighted by Crippen LogP contribution is 2.23. The second-order valence-electron chi connectivity index (χ2n) is 5.61. The molecule has 0 spiro atoms. The van der Waals surface area contributed by atoms with Crippen molar-refractivity contribution in [1.29, 1.82) is 0 Å². The molecule has 0 amide bonds. The molecular weight excluding hydrogens is 250 g/mol. The lowest BCUT2D eigenvalue weighted by Gasteiger charge is -2.25. The summed E-state index contributed by atoms with van der Waals surface area (Å²) in [6.07, 6.45) is 8.25. The van der Waals surface area contributed by atoms with Crippen molar-refractivity contribution in [2.24, 2.45) is 10.9 Å². The molecule has 1 saturated carbocycles. The first kappa shape index (κ1) is 14.9. The van der Waals surface area contributed by atoms with Crippen LogP contribution in [-0.2, 0) is 0 Å². The van der Waals surface area contributed by atoms with Crippen LogP contribution in [0.4, 0.5) is 0 Å². The minimum atomic E-state index is 0.121. The summed E-state index contributed by atoms with van der Waals surface area (Å²) >= 11 is 0. The molecule has 4 heteroatoms. The molecule has 0 heterocycles. The number of nitrogens with zero attached hydrogens (tertiary/aromatic N) is 1. The number of nitrogens with one attached hydrogen (secondary N) is 1. The van der Waals surface area contributed by atoms with Gasteiger partial charge in [-0.05, 0) is 18.4 Å². The molecule has 1 aromatic carbocycles. The van der Waals surface area contributed by atoms with Crippen LogP contribution in [0.25, 0.3) is 0 Å². The van der Waals surface area contributed by atoms with Crippen molar-refractivity contribution in [3.63, 3.8) is 0 Å². The van der Waals surface area contributed by atoms with E-state index in [9.17, 15) is 0 Å². The van der Waals surface area contributed by atoms with Crippen LogP contribution in [-0.4, -0.2) is 17.1 Å². The van der Waals surface area contributed by atoms with Gasteiger partial charge in [-0.15, -0.1) is 0 Å². The Bertz CT molecular complexity index is 411. The van der Waals surface area contributed by atoms with Gasteiger partial charge in [0.05, 0.1) is 0 Å². The molecule has 4 nitrogen and oxygen atoms in total. The first-order valence-corrected chi connectivity index (χ1v) is 7.57. The molecule has 110 valence electrons. The van der Waals surface area contributed by atoms with Crippen LogP contribution in [0.2, 0.25) is 0 Å². The van der Waals surface area contributed by atoms with Crippen LogP contribution >= 0.6 is 0 Å². The number of rotatable bonds is 5. The van der Waals surface area contributed by atoms with Gasteiger partial charge in [0.15, 0.2) is 0 Å². The van der Waals surface area contributed by atoms with Gasteiger partial charge in [0.2, 0.25) is 0 Å². The van der Waals surface area contributed by atoms with E-state index in [1.165, 1.54) is 44.1 Å². The largest absolute Gasteiger partial charge is 0.409 e. The molecule has 1 unspecified atom stereocenters. The zero-order valence-corrected chi connectivity index (χ0v) is 12.0. The lowest BCUT2D eigenvalue weighted by molar-refractivity contribution is 0.314. The molecule has 0 radical (unpaired) electrons. The lowest BCUT2D eigenvalue weighted by Crippen LogP contribution is -2.35. The monoisotopic (exact) mass is 275 g/mol. The van der Waals surface area contributed by atoms with E-state index in [1.54, 1.807) is 0 Å². The van der Waals surface area contributed by atoms with Gasteiger partial charge in [0, 0.05) is 18.5 Å². The Balaban J connectivity index is 2.05. The van der Waals surface area contributed by atoms with Crippen molar-refractivity contribution in [2.45, 2.75) is 57.0 Å². The van der Waals surface area contributed by atoms with Gasteiger partial charge in [0.1, 0.15) is 5.84 Å². The predicted octanol–water partition coefficient (Wildman–Crippen LogP) is 3.18. The van der Waals surface area contributed by atoms with Crippen molar-refractivity contribution < 1.29 is 5.21 Å². The van der Waals surface area contributed by atoms with Crippen LogP contribution in [0.3, 0.4) is 0 Å². The van der Waals surface area contributed by atoms with Gasteiger partial charge in [-0.1, -0.05) is 61.2 Å². The number of hydrogen-bond acceptors (Lipinski definition) is 3. The van der Waals surface area contributed by atoms with Gasteiger partial charge >= 0.3 is 0 Å². The molecular formula is C16H25N3O. The third-order valence-electron chi connectivity index (χ3n) is 4.04. The van der Waals surface area contributed by atoms with Crippen molar-refractivity contribution in [3.05, 3.63) is 35.9 Å². The first-order valence-electron chi connectivity index (χ1n) is 7.57. The summed E-state index contributed by atoms with van der Waals surface area (Å²) in [7, 11) is 0. The normalized spacial score (nSPS) is 19.5. The number of hydrogen-bond donors (Lipinski definition) is 3. The molecule has 20 heavy (non-hydrogen) atoms. The quantitative estimate of drug-likeness (QED) is 0.254. The van der Waals surface area contributed by atoms with Gasteiger partial charge in [-0.25, -0.2) is 0 Å². The fourth-order valence-corrected chi connectivity index (χ4v) is 2.94. The molecule has 4 N–H and O–H groups in total. The Labute approximate surface area is 121 Å². The fraction of sp³-hybridized carbons (Fsp3) is 0.562. The van der Waals surface area contributed by atoms with E-state index in [0.717, 1.165) is 0 Å². The van der Waals surface area contributed by atoms with Gasteiger partial charge < -0.3 is 16.3 Å². The SMILES string of the molecule is NC(CC(NC1CCCCCC1)c1ccccc1)=NO. The highest BCUT2D eigenvalue weighted by atomic mass is 16.4. The fourth-order valence-electron chi connectivity index (χ4n) is 2.94. The lowest BCUT2D eigenvalue weighted by atomic mass is 10.00. The van der Waals surface area contributed by atoms with E-state index in [1.807, 2.05) is 18.2 Å². The van der Waals surface area contributed by atoms with Gasteiger partial charge in [-0.2, -0.15) is 0 Å². The Morgan fingerprint density at radius 1 is 1.20 bits per heavy atom. The maximum Gasteiger partial charge on any atom is 0.141 e. The molecule has 1 atom stereocenters. The highest BCUT2D eigenvalue weighted by Gasteiger charge is 2.19. The first-order chi connectivity index (χ1) is 9.79. The smallest absolute Gasteiger partial charge is 0.141 e. The molecule has 0 aliphatic heterocycles. The number of amidine groups is 1. The Kier molecular flexibility index (Phi) is 5.87. The molecule has 0 aromatic heterocycles. The van der Waals surface area contributed by atoms with Crippen LogP contribution < -0.4 is 11.1 Å². The van der Waals surface area contributed by atoms with E-state index in [-0.39, 0.29) is 11.9 Å². The summed E-state index contributed by atoms with van der Waals surface area (Å²) in [4.78, 5) is 0. The Morgan fingerprint density at radius 3 is 2.45 bits per heavy atom. The second-order valence-corrected chi connectivity index (χ2v) is 5.61. The summed E-state index contributed by atoms with van der Waals surface area (Å²) in [6, 6.07) is 10.9. The molecule has 0 bridgehead atoms. The number of benzene rings is 1. The molecule has 1 aliphatic carbocycles. The Morgan fingerprint density at radius 2 is 1.85 bits per heavy atom. The van der Waals surface area contributed by atoms with Crippen molar-refractivity contribution in [1.82, 2.24) is 5.32 Å². The maximum atomic E-state index is 8.82. The zero-order chi connectivity index (χ0) is 14.2. The number of oxime groups is 1. The van der Waals surface area contributed by atoms with E-state index < -0.39 is 0 Å². The second kappa shape index (κ2) is 7.90. The van der Waals surface area contributed by atoms with Crippen LogP contribution in [0.15, 0.2) is 35.5 Å². The summed E-state index contributed by atoms with van der Waals surface area (Å²) < 4.78 is 0. The average Bonchev–Trinajstić information content (AvgIpc) is 2.76. The van der Waals surface area contributed by atoms with E-state index in [4.69, 9.17) is 10.9 Å². The minimum absolute atomic E-state index is 0.121. The highest BCUT2D eigenvalue weighted by molar-refractivity contribution is 5.80. The molecule has 1 aromatic rings. The van der Waals surface area contributed by atoms with E-state index in [0.29, 0.717) is 12.5 Å². The molecule has 1 aliphatic rings. The summed E-state index contributed by atoms with van der Waals surface area (Å²) in [6.45, 7) is 0. The zero-order valence-electron chi connectivity index (χ0n) is 12.0. The number of nitrogens with two attached hydrogens (primary N) is 1. The predicted molar refractivity (Wildman–Crippen MR) is 81.8 cm³/mol. The van der Waals surface area contributed by atoms with E-state index >= 15 is 0 Å². The van der Waals surface area contributed by atoms with Crippen LogP contribution in [0, 0.1) is 0 Å². The summed E-state index contributed by atoms with van der Waals surface area (Å²) in [5.41, 5.74) is 6.90. The summed E-state index contributed by atoms with van der Waals surface area (Å²) in [5.74, 6) is 0.278.